The molecule has 7 heteroatoms. The van der Waals surface area contributed by atoms with Gasteiger partial charge in [0.25, 0.3) is 0 Å². The van der Waals surface area contributed by atoms with Gasteiger partial charge in [0.15, 0.2) is 0 Å². The molecular formula is C14H14BrN3O3. The van der Waals surface area contributed by atoms with Gasteiger partial charge in [-0.25, -0.2) is 9.78 Å². The number of aryl methyl sites for hydroxylation is 1. The zero-order chi connectivity index (χ0) is 15.4. The van der Waals surface area contributed by atoms with Crippen LogP contribution in [0.15, 0.2) is 28.7 Å². The van der Waals surface area contributed by atoms with E-state index in [9.17, 15) is 4.79 Å². The molecule has 0 aliphatic heterocycles. The maximum absolute atomic E-state index is 11.1. The van der Waals surface area contributed by atoms with Crippen LogP contribution in [-0.2, 0) is 0 Å². The number of halogens is 1. The molecule has 0 atom stereocenters. The summed E-state index contributed by atoms with van der Waals surface area (Å²) in [4.78, 5) is 19.6. The molecule has 1 aromatic heterocycles. The fourth-order valence-electron chi connectivity index (χ4n) is 1.71. The molecule has 2 aromatic rings. The second-order valence-corrected chi connectivity index (χ2v) is 5.08. The Bertz CT molecular complexity index is 677. The quantitative estimate of drug-likeness (QED) is 0.858. The first-order chi connectivity index (χ1) is 9.99. The highest BCUT2D eigenvalue weighted by molar-refractivity contribution is 9.10. The molecule has 2 N–H and O–H groups in total. The van der Waals surface area contributed by atoms with Gasteiger partial charge in [0.2, 0.25) is 11.8 Å². The number of ether oxygens (including phenoxy) is 1. The number of carboxylic acid groups (broad SMARTS) is 1. The van der Waals surface area contributed by atoms with E-state index < -0.39 is 5.97 Å². The molecule has 0 aliphatic rings. The zero-order valence-corrected chi connectivity index (χ0v) is 13.1. The number of aromatic nitrogens is 2. The number of carboxylic acids is 1. The van der Waals surface area contributed by atoms with E-state index in [1.54, 1.807) is 18.2 Å². The van der Waals surface area contributed by atoms with Crippen molar-refractivity contribution >= 4 is 33.5 Å². The number of hydrogen-bond donors (Lipinski definition) is 2. The van der Waals surface area contributed by atoms with Crippen molar-refractivity contribution in [3.63, 3.8) is 0 Å². The first-order valence-electron chi connectivity index (χ1n) is 6.28. The van der Waals surface area contributed by atoms with Crippen molar-refractivity contribution in [2.75, 3.05) is 11.9 Å². The predicted molar refractivity (Wildman–Crippen MR) is 82.3 cm³/mol. The number of nitrogens with zero attached hydrogens (tertiary/aromatic N) is 2. The van der Waals surface area contributed by atoms with Crippen LogP contribution in [0.5, 0.6) is 5.88 Å². The van der Waals surface area contributed by atoms with Crippen LogP contribution in [0.3, 0.4) is 0 Å². The van der Waals surface area contributed by atoms with Crippen LogP contribution in [0.4, 0.5) is 11.6 Å². The summed E-state index contributed by atoms with van der Waals surface area (Å²) in [6.45, 7) is 4.22. The molecule has 2 rings (SSSR count). The van der Waals surface area contributed by atoms with Crippen molar-refractivity contribution < 1.29 is 14.6 Å². The Hall–Kier alpha value is -2.15. The van der Waals surface area contributed by atoms with Crippen molar-refractivity contribution in [1.82, 2.24) is 9.97 Å². The second-order valence-electron chi connectivity index (χ2n) is 4.23. The summed E-state index contributed by atoms with van der Waals surface area (Å²) in [5.74, 6) is -0.175. The molecule has 110 valence electrons. The summed E-state index contributed by atoms with van der Waals surface area (Å²) >= 11 is 3.20. The molecule has 1 heterocycles. The average Bonchev–Trinajstić information content (AvgIpc) is 2.40. The summed E-state index contributed by atoms with van der Waals surface area (Å²) in [5.41, 5.74) is 1.51. The Labute approximate surface area is 130 Å². The van der Waals surface area contributed by atoms with E-state index in [0.717, 1.165) is 5.69 Å². The van der Waals surface area contributed by atoms with Crippen LogP contribution in [0.25, 0.3) is 0 Å². The molecule has 0 saturated carbocycles. The van der Waals surface area contributed by atoms with Crippen molar-refractivity contribution in [2.45, 2.75) is 13.8 Å². The second kappa shape index (κ2) is 6.53. The monoisotopic (exact) mass is 351 g/mol. The molecule has 0 aliphatic carbocycles. The molecule has 6 nitrogen and oxygen atoms in total. The Morgan fingerprint density at radius 1 is 1.38 bits per heavy atom. The van der Waals surface area contributed by atoms with Gasteiger partial charge in [0, 0.05) is 21.9 Å². The lowest BCUT2D eigenvalue weighted by molar-refractivity contribution is 0.0696. The molecule has 0 bridgehead atoms. The summed E-state index contributed by atoms with van der Waals surface area (Å²) in [6, 6.07) is 6.64. The number of anilines is 2. The fraction of sp³-hybridized carbons (Fsp3) is 0.214. The summed E-state index contributed by atoms with van der Waals surface area (Å²) in [5, 5.41) is 12.1. The van der Waals surface area contributed by atoms with E-state index in [1.807, 2.05) is 13.8 Å². The highest BCUT2D eigenvalue weighted by Crippen LogP contribution is 2.23. The van der Waals surface area contributed by atoms with Gasteiger partial charge >= 0.3 is 5.97 Å². The van der Waals surface area contributed by atoms with Crippen LogP contribution in [0.1, 0.15) is 23.0 Å². The Morgan fingerprint density at radius 3 is 2.81 bits per heavy atom. The van der Waals surface area contributed by atoms with Gasteiger partial charge in [-0.3, -0.25) is 0 Å². The first kappa shape index (κ1) is 15.2. The minimum Gasteiger partial charge on any atom is -0.478 e. The predicted octanol–water partition coefficient (Wildman–Crippen LogP) is 3.39. The van der Waals surface area contributed by atoms with Gasteiger partial charge in [-0.2, -0.15) is 4.98 Å². The highest BCUT2D eigenvalue weighted by atomic mass is 79.9. The molecule has 0 spiro atoms. The van der Waals surface area contributed by atoms with Gasteiger partial charge < -0.3 is 15.2 Å². The van der Waals surface area contributed by atoms with Gasteiger partial charge in [-0.15, -0.1) is 0 Å². The third-order valence-electron chi connectivity index (χ3n) is 2.58. The lowest BCUT2D eigenvalue weighted by Crippen LogP contribution is -2.04. The van der Waals surface area contributed by atoms with Gasteiger partial charge in [0.05, 0.1) is 12.2 Å². The molecule has 0 radical (unpaired) electrons. The maximum Gasteiger partial charge on any atom is 0.336 e. The molecule has 0 saturated heterocycles. The number of benzene rings is 1. The summed E-state index contributed by atoms with van der Waals surface area (Å²) < 4.78 is 5.87. The number of hydrogen-bond acceptors (Lipinski definition) is 5. The van der Waals surface area contributed by atoms with Crippen molar-refractivity contribution in [2.24, 2.45) is 0 Å². The normalized spacial score (nSPS) is 10.2. The third kappa shape index (κ3) is 3.91. The average molecular weight is 352 g/mol. The topological polar surface area (TPSA) is 84.3 Å². The van der Waals surface area contributed by atoms with Crippen molar-refractivity contribution in [1.29, 1.82) is 0 Å². The van der Waals surface area contributed by atoms with Crippen molar-refractivity contribution in [3.8, 4) is 5.88 Å². The molecule has 0 amide bonds. The van der Waals surface area contributed by atoms with E-state index in [4.69, 9.17) is 9.84 Å². The van der Waals surface area contributed by atoms with Crippen LogP contribution >= 0.6 is 15.9 Å². The first-order valence-corrected chi connectivity index (χ1v) is 7.07. The zero-order valence-electron chi connectivity index (χ0n) is 11.6. The highest BCUT2D eigenvalue weighted by Gasteiger charge is 2.10. The van der Waals surface area contributed by atoms with E-state index >= 15 is 0 Å². The number of nitrogens with one attached hydrogen (secondary N) is 1. The smallest absolute Gasteiger partial charge is 0.336 e. The Balaban J connectivity index is 2.29. The van der Waals surface area contributed by atoms with Crippen LogP contribution in [-0.4, -0.2) is 27.7 Å². The lowest BCUT2D eigenvalue weighted by atomic mass is 10.2. The largest absolute Gasteiger partial charge is 0.478 e. The minimum absolute atomic E-state index is 0.165. The van der Waals surface area contributed by atoms with Crippen molar-refractivity contribution in [3.05, 3.63) is 40.0 Å². The van der Waals surface area contributed by atoms with E-state index in [-0.39, 0.29) is 5.56 Å². The SMILES string of the molecule is CCOc1cc(C)nc(Nc2ccc(Br)c(C(=O)O)c2)n1. The Morgan fingerprint density at radius 2 is 2.14 bits per heavy atom. The van der Waals surface area contributed by atoms with Gasteiger partial charge in [0.1, 0.15) is 0 Å². The van der Waals surface area contributed by atoms with Gasteiger partial charge in [-0.05, 0) is 48.0 Å². The molecule has 21 heavy (non-hydrogen) atoms. The summed E-state index contributed by atoms with van der Waals surface area (Å²) in [7, 11) is 0. The standard InChI is InChI=1S/C14H14BrN3O3/c1-3-21-12-6-8(2)16-14(18-12)17-9-4-5-11(15)10(7-9)13(19)20/h4-7H,3H2,1-2H3,(H,19,20)(H,16,17,18). The molecule has 0 unspecified atom stereocenters. The summed E-state index contributed by atoms with van der Waals surface area (Å²) in [6.07, 6.45) is 0. The number of aromatic carboxylic acids is 1. The van der Waals surface area contributed by atoms with Crippen LogP contribution in [0, 0.1) is 6.92 Å². The number of rotatable bonds is 5. The van der Waals surface area contributed by atoms with Crippen LogP contribution < -0.4 is 10.1 Å². The third-order valence-corrected chi connectivity index (χ3v) is 3.27. The molecule has 1 aromatic carbocycles. The van der Waals surface area contributed by atoms with Gasteiger partial charge in [-0.1, -0.05) is 0 Å². The number of carbonyl (C=O) groups is 1. The maximum atomic E-state index is 11.1. The van der Waals surface area contributed by atoms with E-state index in [0.29, 0.717) is 28.6 Å². The fourth-order valence-corrected chi connectivity index (χ4v) is 2.13. The molecular weight excluding hydrogens is 338 g/mol. The van der Waals surface area contributed by atoms with E-state index in [2.05, 4.69) is 31.2 Å². The Kier molecular flexibility index (Phi) is 4.74. The van der Waals surface area contributed by atoms with Crippen LogP contribution in [0.2, 0.25) is 0 Å². The minimum atomic E-state index is -1.01. The lowest BCUT2D eigenvalue weighted by Gasteiger charge is -2.09. The molecule has 0 fully saturated rings. The van der Waals surface area contributed by atoms with E-state index in [1.165, 1.54) is 6.07 Å².